The Balaban J connectivity index is 2.06. The fraction of sp³-hybridized carbons (Fsp3) is 1.00. The molecule has 1 fully saturated rings. The third-order valence-corrected chi connectivity index (χ3v) is 2.54. The Labute approximate surface area is 72.5 Å². The average Bonchev–Trinajstić information content (AvgIpc) is 2.69. The molecule has 0 bridgehead atoms. The van der Waals surface area contributed by atoms with E-state index in [2.05, 4.69) is 12.2 Å². The number of nitrogens with one attached hydrogen (secondary N) is 1. The summed E-state index contributed by atoms with van der Waals surface area (Å²) < 4.78 is 23.5. The van der Waals surface area contributed by atoms with Gasteiger partial charge in [-0.3, -0.25) is 0 Å². The van der Waals surface area contributed by atoms with E-state index in [0.29, 0.717) is 5.41 Å². The summed E-state index contributed by atoms with van der Waals surface area (Å²) in [5, 5.41) is 2.82. The molecule has 0 aromatic heterocycles. The van der Waals surface area contributed by atoms with Crippen LogP contribution in [-0.4, -0.2) is 19.5 Å². The normalized spacial score (nSPS) is 20.0. The summed E-state index contributed by atoms with van der Waals surface area (Å²) in [6.45, 7) is 2.78. The van der Waals surface area contributed by atoms with Gasteiger partial charge in [-0.25, -0.2) is 8.78 Å². The topological polar surface area (TPSA) is 12.0 Å². The molecule has 0 spiro atoms. The van der Waals surface area contributed by atoms with Gasteiger partial charge in [-0.05, 0) is 24.7 Å². The van der Waals surface area contributed by atoms with E-state index in [1.54, 1.807) is 0 Å². The van der Waals surface area contributed by atoms with Gasteiger partial charge < -0.3 is 5.32 Å². The van der Waals surface area contributed by atoms with Crippen LogP contribution in [0.2, 0.25) is 0 Å². The summed E-state index contributed by atoms with van der Waals surface area (Å²) in [6, 6.07) is 0. The largest absolute Gasteiger partial charge is 0.311 e. The standard InChI is InChI=1S/C9H17F2N/c1-2-3-9(4-5-9)7-12-6-8(10)11/h8,12H,2-7H2,1H3. The van der Waals surface area contributed by atoms with Crippen molar-refractivity contribution in [3.8, 4) is 0 Å². The molecule has 0 unspecified atom stereocenters. The lowest BCUT2D eigenvalue weighted by Gasteiger charge is -2.14. The highest BCUT2D eigenvalue weighted by Gasteiger charge is 2.40. The van der Waals surface area contributed by atoms with E-state index >= 15 is 0 Å². The second-order valence-electron chi connectivity index (χ2n) is 3.77. The van der Waals surface area contributed by atoms with Crippen molar-refractivity contribution in [3.05, 3.63) is 0 Å². The number of halogens is 2. The van der Waals surface area contributed by atoms with Crippen molar-refractivity contribution in [1.82, 2.24) is 5.32 Å². The minimum Gasteiger partial charge on any atom is -0.311 e. The number of hydrogen-bond acceptors (Lipinski definition) is 1. The molecule has 3 heteroatoms. The molecular formula is C9H17F2N. The SMILES string of the molecule is CCCC1(CNCC(F)F)CC1. The van der Waals surface area contributed by atoms with Crippen molar-refractivity contribution in [2.75, 3.05) is 13.1 Å². The summed E-state index contributed by atoms with van der Waals surface area (Å²) in [7, 11) is 0. The van der Waals surface area contributed by atoms with E-state index in [0.717, 1.165) is 13.0 Å². The Kier molecular flexibility index (Phi) is 3.44. The Hall–Kier alpha value is -0.180. The van der Waals surface area contributed by atoms with Crippen LogP contribution in [0.1, 0.15) is 32.6 Å². The molecule has 1 aliphatic carbocycles. The van der Waals surface area contributed by atoms with Crippen LogP contribution >= 0.6 is 0 Å². The summed E-state index contributed by atoms with van der Waals surface area (Å²) in [5.41, 5.74) is 0.392. The highest BCUT2D eigenvalue weighted by molar-refractivity contribution is 4.94. The van der Waals surface area contributed by atoms with Crippen LogP contribution in [-0.2, 0) is 0 Å². The van der Waals surface area contributed by atoms with Gasteiger partial charge >= 0.3 is 0 Å². The van der Waals surface area contributed by atoms with Gasteiger partial charge in [-0.1, -0.05) is 13.3 Å². The maximum absolute atomic E-state index is 11.8. The van der Waals surface area contributed by atoms with Gasteiger partial charge in [0.25, 0.3) is 6.43 Å². The van der Waals surface area contributed by atoms with Crippen LogP contribution in [0.4, 0.5) is 8.78 Å². The monoisotopic (exact) mass is 177 g/mol. The molecule has 1 saturated carbocycles. The van der Waals surface area contributed by atoms with Gasteiger partial charge in [0.15, 0.2) is 0 Å². The van der Waals surface area contributed by atoms with Crippen molar-refractivity contribution >= 4 is 0 Å². The van der Waals surface area contributed by atoms with Crippen molar-refractivity contribution in [2.45, 2.75) is 39.0 Å². The van der Waals surface area contributed by atoms with Gasteiger partial charge in [0.05, 0.1) is 6.54 Å². The molecule has 1 aliphatic rings. The van der Waals surface area contributed by atoms with Gasteiger partial charge in [0.2, 0.25) is 0 Å². The van der Waals surface area contributed by atoms with Crippen LogP contribution in [0, 0.1) is 5.41 Å². The smallest absolute Gasteiger partial charge is 0.250 e. The summed E-state index contributed by atoms with van der Waals surface area (Å²) in [5.74, 6) is 0. The van der Waals surface area contributed by atoms with Crippen LogP contribution in [0.3, 0.4) is 0 Å². The Morgan fingerprint density at radius 1 is 1.42 bits per heavy atom. The van der Waals surface area contributed by atoms with Gasteiger partial charge in [-0.15, -0.1) is 0 Å². The second kappa shape index (κ2) is 4.17. The Bertz CT molecular complexity index is 132. The molecule has 0 heterocycles. The first-order chi connectivity index (χ1) is 5.68. The van der Waals surface area contributed by atoms with E-state index in [-0.39, 0.29) is 6.54 Å². The molecule has 0 saturated heterocycles. The predicted molar refractivity (Wildman–Crippen MR) is 45.4 cm³/mol. The first kappa shape index (κ1) is 9.90. The summed E-state index contributed by atoms with van der Waals surface area (Å²) in [4.78, 5) is 0. The quantitative estimate of drug-likeness (QED) is 0.657. The Morgan fingerprint density at radius 2 is 2.08 bits per heavy atom. The molecule has 72 valence electrons. The van der Waals surface area contributed by atoms with Gasteiger partial charge in [0, 0.05) is 6.54 Å². The molecule has 12 heavy (non-hydrogen) atoms. The van der Waals surface area contributed by atoms with Crippen LogP contribution in [0.15, 0.2) is 0 Å². The lowest BCUT2D eigenvalue weighted by Crippen LogP contribution is -2.28. The molecule has 1 nitrogen and oxygen atoms in total. The third kappa shape index (κ3) is 3.05. The molecule has 0 aliphatic heterocycles. The van der Waals surface area contributed by atoms with Crippen molar-refractivity contribution in [3.63, 3.8) is 0 Å². The number of hydrogen-bond donors (Lipinski definition) is 1. The molecule has 0 amide bonds. The van der Waals surface area contributed by atoms with E-state index in [1.165, 1.54) is 19.3 Å². The molecule has 0 atom stereocenters. The van der Waals surface area contributed by atoms with Gasteiger partial charge in [0.1, 0.15) is 0 Å². The van der Waals surface area contributed by atoms with Crippen LogP contribution in [0.25, 0.3) is 0 Å². The maximum Gasteiger partial charge on any atom is 0.250 e. The van der Waals surface area contributed by atoms with Crippen molar-refractivity contribution in [2.24, 2.45) is 5.41 Å². The first-order valence-electron chi connectivity index (χ1n) is 4.67. The highest BCUT2D eigenvalue weighted by atomic mass is 19.3. The first-order valence-corrected chi connectivity index (χ1v) is 4.67. The van der Waals surface area contributed by atoms with E-state index in [1.807, 2.05) is 0 Å². The van der Waals surface area contributed by atoms with E-state index in [4.69, 9.17) is 0 Å². The number of rotatable bonds is 6. The predicted octanol–water partition coefficient (Wildman–Crippen LogP) is 2.42. The fourth-order valence-electron chi connectivity index (χ4n) is 1.67. The molecule has 1 N–H and O–H groups in total. The molecular weight excluding hydrogens is 160 g/mol. The fourth-order valence-corrected chi connectivity index (χ4v) is 1.67. The van der Waals surface area contributed by atoms with E-state index in [9.17, 15) is 8.78 Å². The van der Waals surface area contributed by atoms with E-state index < -0.39 is 6.43 Å². The molecule has 0 aromatic rings. The van der Waals surface area contributed by atoms with Crippen molar-refractivity contribution < 1.29 is 8.78 Å². The lowest BCUT2D eigenvalue weighted by molar-refractivity contribution is 0.143. The summed E-state index contributed by atoms with van der Waals surface area (Å²) in [6.07, 6.45) is 2.58. The second-order valence-corrected chi connectivity index (χ2v) is 3.77. The molecule has 0 radical (unpaired) electrons. The minimum atomic E-state index is -2.21. The molecule has 1 rings (SSSR count). The zero-order valence-electron chi connectivity index (χ0n) is 7.58. The van der Waals surface area contributed by atoms with Crippen LogP contribution < -0.4 is 5.32 Å². The zero-order chi connectivity index (χ0) is 9.03. The third-order valence-electron chi connectivity index (χ3n) is 2.54. The lowest BCUT2D eigenvalue weighted by atomic mass is 10.0. The minimum absolute atomic E-state index is 0.147. The zero-order valence-corrected chi connectivity index (χ0v) is 7.58. The van der Waals surface area contributed by atoms with Gasteiger partial charge in [-0.2, -0.15) is 0 Å². The van der Waals surface area contributed by atoms with Crippen molar-refractivity contribution in [1.29, 1.82) is 0 Å². The maximum atomic E-state index is 11.8. The summed E-state index contributed by atoms with van der Waals surface area (Å²) >= 11 is 0. The van der Waals surface area contributed by atoms with Crippen LogP contribution in [0.5, 0.6) is 0 Å². The Morgan fingerprint density at radius 3 is 2.50 bits per heavy atom. The highest BCUT2D eigenvalue weighted by Crippen LogP contribution is 2.48. The number of alkyl halides is 2. The average molecular weight is 177 g/mol. The molecule has 0 aromatic carbocycles.